The quantitative estimate of drug-likeness (QED) is 0.137. The van der Waals surface area contributed by atoms with Gasteiger partial charge in [-0.05, 0) is 47.2 Å². The molecule has 0 fully saturated rings. The van der Waals surface area contributed by atoms with E-state index in [2.05, 4.69) is 71.6 Å². The predicted molar refractivity (Wildman–Crippen MR) is 163 cm³/mol. The lowest BCUT2D eigenvalue weighted by Gasteiger charge is -2.22. The van der Waals surface area contributed by atoms with Crippen LogP contribution in [0.25, 0.3) is 11.1 Å². The number of benzene rings is 2. The molecule has 0 saturated heterocycles. The second kappa shape index (κ2) is 15.7. The van der Waals surface area contributed by atoms with Gasteiger partial charge < -0.3 is 9.80 Å². The summed E-state index contributed by atoms with van der Waals surface area (Å²) in [5, 5.41) is 0. The van der Waals surface area contributed by atoms with Crippen LogP contribution in [0.15, 0.2) is 54.9 Å². The van der Waals surface area contributed by atoms with Crippen LogP contribution < -0.4 is 9.03 Å². The summed E-state index contributed by atoms with van der Waals surface area (Å²) in [6, 6.07) is 15.8. The fourth-order valence-corrected chi connectivity index (χ4v) is 7.04. The summed E-state index contributed by atoms with van der Waals surface area (Å²) in [7, 11) is -13.2. The van der Waals surface area contributed by atoms with Crippen molar-refractivity contribution in [1.29, 1.82) is 0 Å². The number of hydrogen-bond donors (Lipinski definition) is 1. The fraction of sp³-hybridized carbons (Fsp3) is 0.533. The van der Waals surface area contributed by atoms with Gasteiger partial charge in [0.05, 0.1) is 6.67 Å². The molecule has 0 bridgehead atoms. The zero-order chi connectivity index (χ0) is 33.3. The highest BCUT2D eigenvalue weighted by molar-refractivity contribution is 8.05. The highest BCUT2D eigenvalue weighted by Crippen LogP contribution is 2.38. The van der Waals surface area contributed by atoms with Crippen LogP contribution in [-0.4, -0.2) is 46.0 Å². The summed E-state index contributed by atoms with van der Waals surface area (Å²) in [4.78, 5) is 4.85. The first-order valence-electron chi connectivity index (χ1n) is 14.9. The molecule has 0 atom stereocenters. The van der Waals surface area contributed by atoms with Gasteiger partial charge >= 0.3 is 31.1 Å². The molecule has 252 valence electrons. The zero-order valence-corrected chi connectivity index (χ0v) is 26.6. The first-order valence-corrected chi connectivity index (χ1v) is 17.8. The number of rotatable bonds is 14. The molecule has 0 aromatic heterocycles. The number of nitrogens with zero attached hydrogens (tertiary/aromatic N) is 2. The van der Waals surface area contributed by atoms with Gasteiger partial charge in [-0.1, -0.05) is 99.2 Å². The maximum atomic E-state index is 11.5. The van der Waals surface area contributed by atoms with E-state index in [9.17, 15) is 43.2 Å². The van der Waals surface area contributed by atoms with Gasteiger partial charge in [0.2, 0.25) is 0 Å². The number of anilines is 1. The summed E-state index contributed by atoms with van der Waals surface area (Å²) in [6.07, 6.45) is 19.6. The van der Waals surface area contributed by atoms with Gasteiger partial charge in [-0.2, -0.15) is 26.3 Å². The van der Waals surface area contributed by atoms with E-state index in [4.69, 9.17) is 0 Å². The zero-order valence-electron chi connectivity index (χ0n) is 25.0. The Hall–Kier alpha value is -2.78. The Morgan fingerprint density at radius 2 is 1.22 bits per heavy atom. The molecule has 0 unspecified atom stereocenters. The largest absolute Gasteiger partial charge is 0.512 e. The van der Waals surface area contributed by atoms with E-state index >= 15 is 0 Å². The van der Waals surface area contributed by atoms with Crippen molar-refractivity contribution in [2.75, 3.05) is 18.1 Å². The first kappa shape index (κ1) is 36.7. The van der Waals surface area contributed by atoms with Gasteiger partial charge in [-0.3, -0.25) is 0 Å². The predicted octanol–water partition coefficient (Wildman–Crippen LogP) is 8.00. The van der Waals surface area contributed by atoms with E-state index in [-0.39, 0.29) is 0 Å². The number of unbranched alkanes of at least 4 members (excludes halogenated alkanes) is 9. The number of alkyl halides is 6. The Balaban J connectivity index is 0.000000313. The van der Waals surface area contributed by atoms with Crippen molar-refractivity contribution < 1.29 is 43.2 Å². The second-order valence-electron chi connectivity index (χ2n) is 11.1. The van der Waals surface area contributed by atoms with Gasteiger partial charge in [0.15, 0.2) is 0 Å². The summed E-state index contributed by atoms with van der Waals surface area (Å²) in [5.41, 5.74) is -5.21. The third-order valence-corrected chi connectivity index (χ3v) is 10.5. The van der Waals surface area contributed by atoms with Crippen molar-refractivity contribution in [3.63, 3.8) is 0 Å². The van der Waals surface area contributed by atoms with E-state index in [1.54, 1.807) is 0 Å². The van der Waals surface area contributed by atoms with Crippen molar-refractivity contribution in [3.8, 4) is 11.1 Å². The lowest BCUT2D eigenvalue weighted by atomic mass is 10.1. The van der Waals surface area contributed by atoms with Crippen molar-refractivity contribution in [3.05, 3.63) is 66.0 Å². The molecule has 2 aromatic rings. The lowest BCUT2D eigenvalue weighted by molar-refractivity contribution is -0.0476. The molecule has 0 amide bonds. The minimum Gasteiger partial charge on any atom is -0.358 e. The Morgan fingerprint density at radius 1 is 0.689 bits per heavy atom. The topological polar surface area (TPSA) is 86.8 Å². The molecular formula is C30H39F6N3O4S2. The summed E-state index contributed by atoms with van der Waals surface area (Å²) >= 11 is 0. The third-order valence-electron chi connectivity index (χ3n) is 7.53. The minimum absolute atomic E-state index is 0.493. The van der Waals surface area contributed by atoms with Crippen molar-refractivity contribution >= 4 is 25.7 Å². The van der Waals surface area contributed by atoms with E-state index < -0.39 is 35.2 Å². The van der Waals surface area contributed by atoms with Crippen LogP contribution in [0.5, 0.6) is 0 Å². The van der Waals surface area contributed by atoms with Crippen molar-refractivity contribution in [2.24, 2.45) is 0 Å². The van der Waals surface area contributed by atoms with Crippen molar-refractivity contribution in [1.82, 2.24) is 9.03 Å². The van der Waals surface area contributed by atoms with Gasteiger partial charge in [0.25, 0.3) is 0 Å². The molecule has 1 aliphatic carbocycles. The molecule has 7 nitrogen and oxygen atoms in total. The van der Waals surface area contributed by atoms with Crippen LogP contribution in [0.1, 0.15) is 82.3 Å². The molecule has 15 heteroatoms. The highest BCUT2D eigenvalue weighted by Gasteiger charge is 2.55. The summed E-state index contributed by atoms with van der Waals surface area (Å²) < 4.78 is 108. The second-order valence-corrected chi connectivity index (χ2v) is 14.7. The normalized spacial score (nSPS) is 14.7. The fourth-order valence-electron chi connectivity index (χ4n) is 5.13. The lowest BCUT2D eigenvalue weighted by Crippen LogP contribution is -2.45. The smallest absolute Gasteiger partial charge is 0.358 e. The Labute approximate surface area is 261 Å². The van der Waals surface area contributed by atoms with Crippen LogP contribution in [-0.2, 0) is 26.5 Å². The molecule has 1 heterocycles. The highest BCUT2D eigenvalue weighted by atomic mass is 32.3. The van der Waals surface area contributed by atoms with E-state index in [0.717, 1.165) is 13.1 Å². The Bertz CT molecular complexity index is 1470. The molecule has 4 rings (SSSR count). The standard InChI is InChI=1S/C28H38N2.C2HF6NO4S2/c1-2-3-4-5-6-7-8-9-10-13-18-29-19-20-30(23-29)26-16-17-28-25(22-26)21-24-14-11-12-15-27(24)28;3-1(4,5)14(10,11)9-15(12,13)2(6,7)8/h11-12,14-17,19-20,22H,2-10,13,18,21,23H2,1H3;9H. The molecular weight excluding hydrogens is 644 g/mol. The monoisotopic (exact) mass is 683 g/mol. The van der Waals surface area contributed by atoms with Crippen LogP contribution in [0.2, 0.25) is 0 Å². The van der Waals surface area contributed by atoms with Gasteiger partial charge in [-0.25, -0.2) is 16.8 Å². The number of fused-ring (bicyclic) bond motifs is 3. The third kappa shape index (κ3) is 10.4. The summed E-state index contributed by atoms with van der Waals surface area (Å²) in [6.45, 7) is 4.46. The number of sulfonamides is 2. The maximum absolute atomic E-state index is 11.5. The van der Waals surface area contributed by atoms with E-state index in [1.807, 2.05) is 0 Å². The molecule has 1 N–H and O–H groups in total. The molecule has 1 aliphatic heterocycles. The van der Waals surface area contributed by atoms with Crippen molar-refractivity contribution in [2.45, 2.75) is 88.6 Å². The Morgan fingerprint density at radius 3 is 1.80 bits per heavy atom. The molecule has 2 aromatic carbocycles. The van der Waals surface area contributed by atoms with Crippen LogP contribution in [0, 0.1) is 0 Å². The number of halogens is 6. The summed E-state index contributed by atoms with van der Waals surface area (Å²) in [5.74, 6) is 0. The Kier molecular flexibility index (Phi) is 12.8. The number of hydrogen-bond acceptors (Lipinski definition) is 6. The minimum atomic E-state index is -6.60. The SMILES string of the molecule is CCCCCCCCCCCCN1C=CN(c2ccc3c(c2)Cc2ccccc2-3)C1.O=S(=O)(NS(=O)(=O)C(F)(F)F)C(F)(F)F. The average Bonchev–Trinajstić information content (AvgIpc) is 3.57. The first-order chi connectivity index (χ1) is 21.1. The van der Waals surface area contributed by atoms with Gasteiger partial charge in [0, 0.05) is 24.6 Å². The van der Waals surface area contributed by atoms with Crippen LogP contribution in [0.3, 0.4) is 0 Å². The van der Waals surface area contributed by atoms with Gasteiger partial charge in [-0.15, -0.1) is 0 Å². The molecule has 45 heavy (non-hydrogen) atoms. The molecule has 0 radical (unpaired) electrons. The van der Waals surface area contributed by atoms with E-state index in [1.165, 1.54) is 98.7 Å². The molecule has 0 spiro atoms. The molecule has 0 saturated carbocycles. The van der Waals surface area contributed by atoms with E-state index in [0.29, 0.717) is 0 Å². The maximum Gasteiger partial charge on any atom is 0.512 e. The average molecular weight is 684 g/mol. The molecule has 2 aliphatic rings. The number of nitrogens with one attached hydrogen (secondary N) is 1. The van der Waals surface area contributed by atoms with Gasteiger partial charge in [0.1, 0.15) is 0 Å². The van der Waals surface area contributed by atoms with Crippen LogP contribution >= 0.6 is 0 Å². The van der Waals surface area contributed by atoms with Crippen LogP contribution in [0.4, 0.5) is 32.0 Å².